The Labute approximate surface area is 181 Å². The lowest BCUT2D eigenvalue weighted by Gasteiger charge is -2.24. The predicted molar refractivity (Wildman–Crippen MR) is 120 cm³/mol. The molecule has 0 radical (unpaired) electrons. The number of halogens is 1. The number of aromatic nitrogens is 2. The number of H-pyrrole nitrogens is 1. The van der Waals surface area contributed by atoms with E-state index in [4.69, 9.17) is 0 Å². The fourth-order valence-electron chi connectivity index (χ4n) is 3.89. The van der Waals surface area contributed by atoms with Crippen LogP contribution in [0.3, 0.4) is 0 Å². The van der Waals surface area contributed by atoms with E-state index in [0.29, 0.717) is 22.0 Å². The van der Waals surface area contributed by atoms with Gasteiger partial charge in [0.15, 0.2) is 5.16 Å². The van der Waals surface area contributed by atoms with E-state index in [1.807, 2.05) is 42.5 Å². The number of amides is 1. The van der Waals surface area contributed by atoms with Gasteiger partial charge in [0.25, 0.3) is 5.56 Å². The van der Waals surface area contributed by atoms with Crippen LogP contribution in [0.25, 0.3) is 10.8 Å². The van der Waals surface area contributed by atoms with Gasteiger partial charge in [-0.3, -0.25) is 9.59 Å². The SMILES string of the molecule is O=C1CC(c2ccc3ccccc3c2)c2c(nc(SCc3ccccc3F)[nH]c2=O)N1. The second-order valence-electron chi connectivity index (χ2n) is 7.42. The van der Waals surface area contributed by atoms with E-state index in [1.54, 1.807) is 18.2 Å². The van der Waals surface area contributed by atoms with Gasteiger partial charge in [-0.25, -0.2) is 9.37 Å². The van der Waals surface area contributed by atoms with Crippen molar-refractivity contribution in [2.45, 2.75) is 23.2 Å². The maximum Gasteiger partial charge on any atom is 0.257 e. The van der Waals surface area contributed by atoms with Crippen molar-refractivity contribution in [1.29, 1.82) is 0 Å². The van der Waals surface area contributed by atoms with E-state index in [-0.39, 0.29) is 35.4 Å². The number of benzene rings is 3. The van der Waals surface area contributed by atoms with Crippen LogP contribution >= 0.6 is 11.8 Å². The molecule has 0 saturated carbocycles. The number of hydrogen-bond acceptors (Lipinski definition) is 4. The van der Waals surface area contributed by atoms with Crippen LogP contribution < -0.4 is 10.9 Å². The van der Waals surface area contributed by atoms with Gasteiger partial charge < -0.3 is 10.3 Å². The van der Waals surface area contributed by atoms with Crippen LogP contribution in [0.5, 0.6) is 0 Å². The van der Waals surface area contributed by atoms with Crippen LogP contribution in [0.1, 0.15) is 29.0 Å². The molecule has 0 bridgehead atoms. The van der Waals surface area contributed by atoms with Crippen molar-refractivity contribution in [1.82, 2.24) is 9.97 Å². The molecule has 1 aliphatic rings. The van der Waals surface area contributed by atoms with Gasteiger partial charge in [0.05, 0.1) is 5.56 Å². The fraction of sp³-hybridized carbons (Fsp3) is 0.125. The van der Waals surface area contributed by atoms with Gasteiger partial charge in [0.2, 0.25) is 5.91 Å². The summed E-state index contributed by atoms with van der Waals surface area (Å²) >= 11 is 1.22. The van der Waals surface area contributed by atoms with Crippen molar-refractivity contribution in [2.75, 3.05) is 5.32 Å². The molecule has 0 fully saturated rings. The Balaban J connectivity index is 1.50. The summed E-state index contributed by atoms with van der Waals surface area (Å²) in [6.07, 6.45) is 0.178. The first-order valence-electron chi connectivity index (χ1n) is 9.87. The third-order valence-corrected chi connectivity index (χ3v) is 6.35. The number of hydrogen-bond donors (Lipinski definition) is 2. The van der Waals surface area contributed by atoms with E-state index < -0.39 is 0 Å². The summed E-state index contributed by atoms with van der Waals surface area (Å²) in [6, 6.07) is 20.4. The highest BCUT2D eigenvalue weighted by molar-refractivity contribution is 7.98. The zero-order valence-corrected chi connectivity index (χ0v) is 17.2. The Morgan fingerprint density at radius 2 is 1.77 bits per heavy atom. The second kappa shape index (κ2) is 8.00. The van der Waals surface area contributed by atoms with Gasteiger partial charge in [0, 0.05) is 18.1 Å². The lowest BCUT2D eigenvalue weighted by Crippen LogP contribution is -2.31. The summed E-state index contributed by atoms with van der Waals surface area (Å²) in [5, 5.41) is 5.22. The third kappa shape index (κ3) is 3.84. The number of aromatic amines is 1. The Morgan fingerprint density at radius 1 is 1.00 bits per heavy atom. The van der Waals surface area contributed by atoms with Crippen LogP contribution in [0, 0.1) is 5.82 Å². The molecule has 7 heteroatoms. The average Bonchev–Trinajstić information content (AvgIpc) is 2.77. The smallest absolute Gasteiger partial charge is 0.257 e. The van der Waals surface area contributed by atoms with Crippen LogP contribution in [0.15, 0.2) is 76.7 Å². The molecule has 0 aliphatic carbocycles. The number of anilines is 1. The Hall–Kier alpha value is -3.45. The van der Waals surface area contributed by atoms with Gasteiger partial charge in [-0.1, -0.05) is 72.4 Å². The van der Waals surface area contributed by atoms with E-state index >= 15 is 0 Å². The molecule has 4 aromatic rings. The monoisotopic (exact) mass is 431 g/mol. The number of carbonyl (C=O) groups is 1. The zero-order valence-electron chi connectivity index (χ0n) is 16.4. The highest BCUT2D eigenvalue weighted by Crippen LogP contribution is 2.36. The maximum atomic E-state index is 13.9. The molecule has 154 valence electrons. The average molecular weight is 431 g/mol. The number of nitrogens with one attached hydrogen (secondary N) is 2. The Kier molecular flexibility index (Phi) is 5.03. The number of fused-ring (bicyclic) bond motifs is 2. The minimum atomic E-state index is -0.379. The third-order valence-electron chi connectivity index (χ3n) is 5.43. The van der Waals surface area contributed by atoms with Crippen molar-refractivity contribution in [2.24, 2.45) is 0 Å². The lowest BCUT2D eigenvalue weighted by molar-refractivity contribution is -0.116. The van der Waals surface area contributed by atoms with Crippen molar-refractivity contribution in [3.8, 4) is 0 Å². The molecule has 0 spiro atoms. The molecule has 1 aliphatic heterocycles. The first kappa shape index (κ1) is 19.5. The standard InChI is InChI=1S/C24H18FN3O2S/c25-19-8-4-3-7-17(19)13-31-24-27-22-21(23(30)28-24)18(12-20(29)26-22)16-10-9-14-5-1-2-6-15(14)11-16/h1-11,18H,12-13H2,(H2,26,27,28,29,30). The summed E-state index contributed by atoms with van der Waals surface area (Å²) in [5.74, 6) is -0.283. The molecule has 1 atom stereocenters. The summed E-state index contributed by atoms with van der Waals surface area (Å²) in [5.41, 5.74) is 1.57. The largest absolute Gasteiger partial charge is 0.310 e. The molecule has 1 unspecified atom stereocenters. The molecule has 0 saturated heterocycles. The van der Waals surface area contributed by atoms with E-state index in [1.165, 1.54) is 17.8 Å². The molecular weight excluding hydrogens is 413 g/mol. The molecule has 31 heavy (non-hydrogen) atoms. The number of carbonyl (C=O) groups excluding carboxylic acids is 1. The number of rotatable bonds is 4. The molecule has 5 rings (SSSR count). The van der Waals surface area contributed by atoms with E-state index in [0.717, 1.165) is 16.3 Å². The molecule has 1 amide bonds. The van der Waals surface area contributed by atoms with Crippen molar-refractivity contribution < 1.29 is 9.18 Å². The van der Waals surface area contributed by atoms with Crippen LogP contribution in [0.2, 0.25) is 0 Å². The van der Waals surface area contributed by atoms with Crippen molar-refractivity contribution in [3.63, 3.8) is 0 Å². The van der Waals surface area contributed by atoms with Gasteiger partial charge in [-0.15, -0.1) is 0 Å². The first-order chi connectivity index (χ1) is 15.1. The van der Waals surface area contributed by atoms with Crippen LogP contribution in [-0.2, 0) is 10.5 Å². The van der Waals surface area contributed by atoms with Gasteiger partial charge in [0.1, 0.15) is 11.6 Å². The number of nitrogens with zero attached hydrogens (tertiary/aromatic N) is 1. The summed E-state index contributed by atoms with van der Waals surface area (Å²) in [7, 11) is 0. The Bertz CT molecular complexity index is 1370. The van der Waals surface area contributed by atoms with Crippen LogP contribution in [-0.4, -0.2) is 15.9 Å². The second-order valence-corrected chi connectivity index (χ2v) is 8.39. The zero-order chi connectivity index (χ0) is 21.4. The number of thioether (sulfide) groups is 1. The lowest BCUT2D eigenvalue weighted by atomic mass is 9.86. The highest BCUT2D eigenvalue weighted by atomic mass is 32.2. The summed E-state index contributed by atoms with van der Waals surface area (Å²) in [4.78, 5) is 32.6. The summed E-state index contributed by atoms with van der Waals surface area (Å²) < 4.78 is 13.9. The van der Waals surface area contributed by atoms with E-state index in [2.05, 4.69) is 15.3 Å². The normalized spacial score (nSPS) is 15.5. The van der Waals surface area contributed by atoms with Gasteiger partial charge >= 0.3 is 0 Å². The molecule has 1 aromatic heterocycles. The first-order valence-corrected chi connectivity index (χ1v) is 10.9. The van der Waals surface area contributed by atoms with Crippen molar-refractivity contribution >= 4 is 34.3 Å². The van der Waals surface area contributed by atoms with Crippen molar-refractivity contribution in [3.05, 3.63) is 99.6 Å². The minimum absolute atomic E-state index is 0.178. The molecule has 3 aromatic carbocycles. The quantitative estimate of drug-likeness (QED) is 0.359. The Morgan fingerprint density at radius 3 is 2.61 bits per heavy atom. The topological polar surface area (TPSA) is 74.8 Å². The molecule has 2 heterocycles. The van der Waals surface area contributed by atoms with E-state index in [9.17, 15) is 14.0 Å². The summed E-state index contributed by atoms with van der Waals surface area (Å²) in [6.45, 7) is 0. The van der Waals surface area contributed by atoms with Crippen LogP contribution in [0.4, 0.5) is 10.2 Å². The van der Waals surface area contributed by atoms with Gasteiger partial charge in [-0.2, -0.15) is 0 Å². The highest BCUT2D eigenvalue weighted by Gasteiger charge is 2.31. The molecule has 2 N–H and O–H groups in total. The van der Waals surface area contributed by atoms with Gasteiger partial charge in [-0.05, 0) is 28.0 Å². The maximum absolute atomic E-state index is 13.9. The fourth-order valence-corrected chi connectivity index (χ4v) is 4.74. The predicted octanol–water partition coefficient (Wildman–Crippen LogP) is 4.83. The molecular formula is C24H18FN3O2S. The minimum Gasteiger partial charge on any atom is -0.310 e. The molecule has 5 nitrogen and oxygen atoms in total.